The van der Waals surface area contributed by atoms with Crippen LogP contribution < -0.4 is 24.4 Å². The Morgan fingerprint density at radius 1 is 1.04 bits per heavy atom. The lowest BCUT2D eigenvalue weighted by Crippen LogP contribution is -3.18. The first-order valence-electron chi connectivity index (χ1n) is 10.1. The summed E-state index contributed by atoms with van der Waals surface area (Å²) in [6, 6.07) is 4.44. The summed E-state index contributed by atoms with van der Waals surface area (Å²) in [6.45, 7) is 2.15. The molecule has 1 aromatic rings. The molecule has 1 saturated carbocycles. The SMILES string of the molecule is COc1cc(CNC(=O)C[NH+]2CCC[C@H]3CCCC[C@@H]32)cc(OC)c1OC. The minimum absolute atomic E-state index is 0.116. The highest BCUT2D eigenvalue weighted by molar-refractivity contribution is 5.76. The monoisotopic (exact) mass is 377 g/mol. The van der Waals surface area contributed by atoms with Gasteiger partial charge in [0, 0.05) is 12.5 Å². The van der Waals surface area contributed by atoms with E-state index < -0.39 is 0 Å². The molecule has 1 aliphatic carbocycles. The number of hydrogen-bond acceptors (Lipinski definition) is 4. The van der Waals surface area contributed by atoms with Gasteiger partial charge in [0.25, 0.3) is 5.91 Å². The van der Waals surface area contributed by atoms with Gasteiger partial charge < -0.3 is 24.4 Å². The second-order valence-corrected chi connectivity index (χ2v) is 7.69. The fourth-order valence-corrected chi connectivity index (χ4v) is 4.79. The van der Waals surface area contributed by atoms with Crippen molar-refractivity contribution >= 4 is 5.91 Å². The summed E-state index contributed by atoms with van der Waals surface area (Å²) < 4.78 is 16.1. The van der Waals surface area contributed by atoms with Gasteiger partial charge in [-0.2, -0.15) is 0 Å². The highest BCUT2D eigenvalue weighted by Crippen LogP contribution is 2.38. The third kappa shape index (κ3) is 4.67. The minimum Gasteiger partial charge on any atom is -0.493 e. The Bertz CT molecular complexity index is 622. The lowest BCUT2D eigenvalue weighted by atomic mass is 9.78. The number of methoxy groups -OCH3 is 3. The molecule has 2 fully saturated rings. The van der Waals surface area contributed by atoms with Crippen LogP contribution in [0.15, 0.2) is 12.1 Å². The van der Waals surface area contributed by atoms with Crippen molar-refractivity contribution in [1.82, 2.24) is 5.32 Å². The molecular weight excluding hydrogens is 344 g/mol. The van der Waals surface area contributed by atoms with Crippen molar-refractivity contribution < 1.29 is 23.9 Å². The number of fused-ring (bicyclic) bond motifs is 1. The van der Waals surface area contributed by atoms with E-state index in [1.54, 1.807) is 21.3 Å². The summed E-state index contributed by atoms with van der Waals surface area (Å²) in [7, 11) is 4.78. The van der Waals surface area contributed by atoms with Crippen molar-refractivity contribution in [2.24, 2.45) is 5.92 Å². The van der Waals surface area contributed by atoms with Crippen LogP contribution in [0.4, 0.5) is 0 Å². The fraction of sp³-hybridized carbons (Fsp3) is 0.667. The Balaban J connectivity index is 1.59. The predicted molar refractivity (Wildman–Crippen MR) is 104 cm³/mol. The van der Waals surface area contributed by atoms with Crippen molar-refractivity contribution in [3.8, 4) is 17.2 Å². The molecule has 1 saturated heterocycles. The number of amides is 1. The van der Waals surface area contributed by atoms with E-state index in [0.717, 1.165) is 18.0 Å². The van der Waals surface area contributed by atoms with Gasteiger partial charge in [-0.25, -0.2) is 0 Å². The molecule has 1 aromatic carbocycles. The van der Waals surface area contributed by atoms with E-state index in [9.17, 15) is 4.79 Å². The van der Waals surface area contributed by atoms with Crippen molar-refractivity contribution in [3.63, 3.8) is 0 Å². The molecule has 0 spiro atoms. The normalized spacial score (nSPS) is 24.6. The average molecular weight is 378 g/mol. The molecule has 2 N–H and O–H groups in total. The smallest absolute Gasteiger partial charge is 0.275 e. The second kappa shape index (κ2) is 9.31. The lowest BCUT2D eigenvalue weighted by Gasteiger charge is -2.40. The van der Waals surface area contributed by atoms with Crippen molar-refractivity contribution in [3.05, 3.63) is 17.7 Å². The lowest BCUT2D eigenvalue weighted by molar-refractivity contribution is -0.928. The fourth-order valence-electron chi connectivity index (χ4n) is 4.79. The maximum absolute atomic E-state index is 12.6. The number of likely N-dealkylation sites (tertiary alicyclic amines) is 1. The summed E-state index contributed by atoms with van der Waals surface area (Å²) in [5, 5.41) is 3.07. The highest BCUT2D eigenvalue weighted by Gasteiger charge is 2.37. The van der Waals surface area contributed by atoms with Gasteiger partial charge in [-0.05, 0) is 49.8 Å². The maximum atomic E-state index is 12.6. The van der Waals surface area contributed by atoms with Gasteiger partial charge in [0.2, 0.25) is 5.75 Å². The third-order valence-electron chi connectivity index (χ3n) is 6.11. The summed E-state index contributed by atoms with van der Waals surface area (Å²) in [6.07, 6.45) is 7.90. The van der Waals surface area contributed by atoms with Crippen LogP contribution in [0.25, 0.3) is 0 Å². The van der Waals surface area contributed by atoms with Crippen LogP contribution in [0, 0.1) is 5.92 Å². The summed E-state index contributed by atoms with van der Waals surface area (Å²) in [5.41, 5.74) is 0.932. The number of quaternary nitrogens is 1. The summed E-state index contributed by atoms with van der Waals surface area (Å²) >= 11 is 0. The van der Waals surface area contributed by atoms with Gasteiger partial charge in [0.05, 0.1) is 33.9 Å². The molecule has 6 nitrogen and oxygen atoms in total. The zero-order valence-corrected chi connectivity index (χ0v) is 16.8. The van der Waals surface area contributed by atoms with E-state index in [1.165, 1.54) is 43.4 Å². The van der Waals surface area contributed by atoms with Crippen LogP contribution >= 0.6 is 0 Å². The Kier molecular flexibility index (Phi) is 6.83. The molecule has 1 unspecified atom stereocenters. The zero-order chi connectivity index (χ0) is 19.2. The van der Waals surface area contributed by atoms with E-state index in [0.29, 0.717) is 36.4 Å². The summed E-state index contributed by atoms with van der Waals surface area (Å²) in [4.78, 5) is 14.1. The third-order valence-corrected chi connectivity index (χ3v) is 6.11. The van der Waals surface area contributed by atoms with E-state index in [4.69, 9.17) is 14.2 Å². The van der Waals surface area contributed by atoms with Gasteiger partial charge in [0.1, 0.15) is 0 Å². The molecule has 1 heterocycles. The van der Waals surface area contributed by atoms with Gasteiger partial charge >= 0.3 is 0 Å². The van der Waals surface area contributed by atoms with Crippen LogP contribution in [0.1, 0.15) is 44.1 Å². The molecule has 1 aliphatic heterocycles. The minimum atomic E-state index is 0.116. The van der Waals surface area contributed by atoms with Gasteiger partial charge in [0.15, 0.2) is 18.0 Å². The van der Waals surface area contributed by atoms with Crippen LogP contribution in [0.3, 0.4) is 0 Å². The number of benzene rings is 1. The van der Waals surface area contributed by atoms with Crippen molar-refractivity contribution in [2.45, 2.75) is 51.1 Å². The zero-order valence-electron chi connectivity index (χ0n) is 16.8. The summed E-state index contributed by atoms with van der Waals surface area (Å²) in [5.74, 6) is 2.71. The largest absolute Gasteiger partial charge is 0.493 e. The van der Waals surface area contributed by atoms with Crippen LogP contribution in [-0.2, 0) is 11.3 Å². The quantitative estimate of drug-likeness (QED) is 0.757. The molecule has 0 aromatic heterocycles. The topological polar surface area (TPSA) is 61.2 Å². The van der Waals surface area contributed by atoms with Gasteiger partial charge in [-0.1, -0.05) is 6.42 Å². The number of carbonyl (C=O) groups excluding carboxylic acids is 1. The Labute approximate surface area is 162 Å². The number of carbonyl (C=O) groups is 1. The van der Waals surface area contributed by atoms with Crippen LogP contribution in [-0.4, -0.2) is 46.4 Å². The van der Waals surface area contributed by atoms with Crippen molar-refractivity contribution in [1.29, 1.82) is 0 Å². The molecule has 0 bridgehead atoms. The number of rotatable bonds is 7. The molecule has 150 valence electrons. The molecular formula is C21H33N2O4+. The van der Waals surface area contributed by atoms with Gasteiger partial charge in [-0.15, -0.1) is 0 Å². The van der Waals surface area contributed by atoms with E-state index in [1.807, 2.05) is 12.1 Å². The van der Waals surface area contributed by atoms with Crippen molar-refractivity contribution in [2.75, 3.05) is 34.4 Å². The standard InChI is InChI=1S/C21H32N2O4/c1-25-18-11-15(12-19(26-2)21(18)27-3)13-22-20(24)14-23-10-6-8-16-7-4-5-9-17(16)23/h11-12,16-17H,4-10,13-14H2,1-3H3,(H,22,24)/p+1/t16-,17+/m1/s1. The first-order chi connectivity index (χ1) is 13.2. The Morgan fingerprint density at radius 2 is 1.70 bits per heavy atom. The number of ether oxygens (including phenoxy) is 3. The number of nitrogens with one attached hydrogen (secondary N) is 2. The number of hydrogen-bond donors (Lipinski definition) is 2. The predicted octanol–water partition coefficient (Wildman–Crippen LogP) is 1.57. The first kappa shape index (κ1) is 19.8. The highest BCUT2D eigenvalue weighted by atomic mass is 16.5. The van der Waals surface area contributed by atoms with E-state index >= 15 is 0 Å². The van der Waals surface area contributed by atoms with Crippen LogP contribution in [0.2, 0.25) is 0 Å². The average Bonchev–Trinajstić information content (AvgIpc) is 2.71. The molecule has 3 rings (SSSR count). The molecule has 6 heteroatoms. The maximum Gasteiger partial charge on any atom is 0.275 e. The second-order valence-electron chi connectivity index (χ2n) is 7.69. The van der Waals surface area contributed by atoms with E-state index in [2.05, 4.69) is 5.32 Å². The first-order valence-corrected chi connectivity index (χ1v) is 10.1. The van der Waals surface area contributed by atoms with Gasteiger partial charge in [-0.3, -0.25) is 4.79 Å². The Hall–Kier alpha value is -1.95. The molecule has 27 heavy (non-hydrogen) atoms. The van der Waals surface area contributed by atoms with Crippen LogP contribution in [0.5, 0.6) is 17.2 Å². The molecule has 0 radical (unpaired) electrons. The van der Waals surface area contributed by atoms with E-state index in [-0.39, 0.29) is 5.91 Å². The molecule has 2 aliphatic rings. The molecule has 1 amide bonds. The number of piperidine rings is 1. The Morgan fingerprint density at radius 3 is 2.37 bits per heavy atom. The molecule has 3 atom stereocenters.